The third kappa shape index (κ3) is 2.26. The first-order valence-electron chi connectivity index (χ1n) is 5.84. The van der Waals surface area contributed by atoms with Crippen molar-refractivity contribution in [3.8, 4) is 11.5 Å². The number of hydrogen-bond acceptors (Lipinski definition) is 3. The van der Waals surface area contributed by atoms with Crippen LogP contribution in [0.1, 0.15) is 31.3 Å². The number of rotatable bonds is 4. The lowest BCUT2D eigenvalue weighted by Gasteiger charge is -2.14. The summed E-state index contributed by atoms with van der Waals surface area (Å²) in [5.41, 5.74) is 1.79. The average Bonchev–Trinajstić information content (AvgIpc) is 2.87. The molecule has 1 atom stereocenters. The Hall–Kier alpha value is -1.55. The molecule has 0 aliphatic rings. The van der Waals surface area contributed by atoms with Crippen molar-refractivity contribution in [3.05, 3.63) is 29.9 Å². The van der Waals surface area contributed by atoms with Crippen molar-refractivity contribution < 1.29 is 9.52 Å². The molecule has 4 heteroatoms. The summed E-state index contributed by atoms with van der Waals surface area (Å²) in [6.45, 7) is 6.21. The maximum absolute atomic E-state index is 9.40. The Balaban J connectivity index is 2.36. The molecule has 0 spiro atoms. The van der Waals surface area contributed by atoms with Gasteiger partial charge < -0.3 is 14.5 Å². The van der Waals surface area contributed by atoms with Gasteiger partial charge in [-0.2, -0.15) is 0 Å². The monoisotopic (exact) mass is 234 g/mol. The number of nitrogens with zero attached hydrogens (tertiary/aromatic N) is 1. The molecule has 0 aliphatic heterocycles. The zero-order valence-electron chi connectivity index (χ0n) is 10.4. The Morgan fingerprint density at radius 3 is 2.76 bits per heavy atom. The summed E-state index contributed by atoms with van der Waals surface area (Å²) in [6.07, 6.45) is 1.63. The minimum Gasteiger partial charge on any atom is -0.463 e. The van der Waals surface area contributed by atoms with Crippen LogP contribution in [0.2, 0.25) is 0 Å². The normalized spacial score (nSPS) is 13.2. The topological polar surface area (TPSA) is 62.0 Å². The number of aryl methyl sites for hydroxylation is 1. The van der Waals surface area contributed by atoms with Gasteiger partial charge in [-0.05, 0) is 25.0 Å². The highest BCUT2D eigenvalue weighted by Gasteiger charge is 2.20. The van der Waals surface area contributed by atoms with Crippen LogP contribution in [0, 0.1) is 12.8 Å². The van der Waals surface area contributed by atoms with Crippen LogP contribution in [0.25, 0.3) is 11.5 Å². The number of hydrogen-bond donors (Lipinski definition) is 2. The summed E-state index contributed by atoms with van der Waals surface area (Å²) < 4.78 is 5.34. The van der Waals surface area contributed by atoms with E-state index in [2.05, 4.69) is 23.8 Å². The molecule has 2 rings (SSSR count). The molecule has 17 heavy (non-hydrogen) atoms. The van der Waals surface area contributed by atoms with Crippen molar-refractivity contribution >= 4 is 0 Å². The first kappa shape index (κ1) is 11.9. The van der Waals surface area contributed by atoms with E-state index in [9.17, 15) is 5.11 Å². The summed E-state index contributed by atoms with van der Waals surface area (Å²) >= 11 is 0. The van der Waals surface area contributed by atoms with Crippen LogP contribution in [0.15, 0.2) is 22.8 Å². The smallest absolute Gasteiger partial charge is 0.154 e. The van der Waals surface area contributed by atoms with Gasteiger partial charge in [0, 0.05) is 11.6 Å². The molecule has 2 aromatic heterocycles. The van der Waals surface area contributed by atoms with E-state index in [1.54, 1.807) is 6.26 Å². The van der Waals surface area contributed by atoms with E-state index < -0.39 is 0 Å². The average molecular weight is 234 g/mol. The van der Waals surface area contributed by atoms with Crippen LogP contribution in [0.3, 0.4) is 0 Å². The molecule has 2 aromatic rings. The van der Waals surface area contributed by atoms with Gasteiger partial charge in [0.05, 0.1) is 12.9 Å². The number of imidazole rings is 1. The summed E-state index contributed by atoms with van der Waals surface area (Å²) in [6, 6.07) is 3.73. The van der Waals surface area contributed by atoms with Gasteiger partial charge in [-0.15, -0.1) is 0 Å². The molecule has 0 radical (unpaired) electrons. The predicted octanol–water partition coefficient (Wildman–Crippen LogP) is 2.71. The number of aromatic amines is 1. The maximum Gasteiger partial charge on any atom is 0.154 e. The minimum atomic E-state index is 0.0393. The van der Waals surface area contributed by atoms with Crippen molar-refractivity contribution in [1.82, 2.24) is 9.97 Å². The van der Waals surface area contributed by atoms with E-state index in [1.807, 2.05) is 19.1 Å². The highest BCUT2D eigenvalue weighted by atomic mass is 16.3. The lowest BCUT2D eigenvalue weighted by molar-refractivity contribution is 0.232. The molecular weight excluding hydrogens is 216 g/mol. The van der Waals surface area contributed by atoms with Crippen molar-refractivity contribution in [3.63, 3.8) is 0 Å². The number of nitrogens with one attached hydrogen (secondary N) is 1. The first-order valence-corrected chi connectivity index (χ1v) is 5.84. The second-order valence-corrected chi connectivity index (χ2v) is 4.61. The second-order valence-electron chi connectivity index (χ2n) is 4.61. The largest absolute Gasteiger partial charge is 0.463 e. The van der Waals surface area contributed by atoms with Gasteiger partial charge in [0.1, 0.15) is 11.5 Å². The maximum atomic E-state index is 9.40. The van der Waals surface area contributed by atoms with E-state index in [1.165, 1.54) is 0 Å². The van der Waals surface area contributed by atoms with Crippen LogP contribution in [0.4, 0.5) is 0 Å². The number of furan rings is 1. The van der Waals surface area contributed by atoms with Crippen LogP contribution < -0.4 is 0 Å². The summed E-state index contributed by atoms with van der Waals surface area (Å²) in [5.74, 6) is 1.96. The van der Waals surface area contributed by atoms with E-state index in [0.717, 1.165) is 23.0 Å². The fraction of sp³-hybridized carbons (Fsp3) is 0.462. The highest BCUT2D eigenvalue weighted by molar-refractivity contribution is 5.55. The van der Waals surface area contributed by atoms with E-state index in [0.29, 0.717) is 5.92 Å². The Morgan fingerprint density at radius 1 is 1.47 bits per heavy atom. The number of aliphatic hydroxyl groups excluding tert-OH is 1. The highest BCUT2D eigenvalue weighted by Crippen LogP contribution is 2.27. The first-order chi connectivity index (χ1) is 8.13. The van der Waals surface area contributed by atoms with Gasteiger partial charge in [0.2, 0.25) is 0 Å². The molecular formula is C13H18N2O2. The van der Waals surface area contributed by atoms with Crippen LogP contribution >= 0.6 is 0 Å². The minimum absolute atomic E-state index is 0.0393. The SMILES string of the molecule is Cc1[nH]c(C(CO)C(C)C)nc1-c1ccco1. The van der Waals surface area contributed by atoms with Gasteiger partial charge in [-0.1, -0.05) is 13.8 Å². The standard InChI is InChI=1S/C13H18N2O2/c1-8(2)10(7-16)13-14-9(3)12(15-13)11-5-4-6-17-11/h4-6,8,10,16H,7H2,1-3H3,(H,14,15). The molecule has 0 saturated carbocycles. The van der Waals surface area contributed by atoms with E-state index in [4.69, 9.17) is 4.42 Å². The number of H-pyrrole nitrogens is 1. The van der Waals surface area contributed by atoms with E-state index >= 15 is 0 Å². The number of aromatic nitrogens is 2. The quantitative estimate of drug-likeness (QED) is 0.855. The Morgan fingerprint density at radius 2 is 2.24 bits per heavy atom. The molecule has 1 unspecified atom stereocenters. The van der Waals surface area contributed by atoms with Crippen molar-refractivity contribution in [2.24, 2.45) is 5.92 Å². The third-order valence-electron chi connectivity index (χ3n) is 3.01. The lowest BCUT2D eigenvalue weighted by Crippen LogP contribution is -2.12. The molecule has 0 fully saturated rings. The second kappa shape index (κ2) is 4.75. The Labute approximate surface area is 101 Å². The number of aliphatic hydroxyl groups is 1. The van der Waals surface area contributed by atoms with E-state index in [-0.39, 0.29) is 12.5 Å². The Bertz CT molecular complexity index is 472. The molecule has 0 aromatic carbocycles. The van der Waals surface area contributed by atoms with Gasteiger partial charge in [0.15, 0.2) is 5.76 Å². The van der Waals surface area contributed by atoms with Gasteiger partial charge in [-0.3, -0.25) is 0 Å². The van der Waals surface area contributed by atoms with Crippen molar-refractivity contribution in [2.75, 3.05) is 6.61 Å². The summed E-state index contributed by atoms with van der Waals surface area (Å²) in [4.78, 5) is 7.77. The third-order valence-corrected chi connectivity index (χ3v) is 3.01. The van der Waals surface area contributed by atoms with Gasteiger partial charge in [-0.25, -0.2) is 4.98 Å². The summed E-state index contributed by atoms with van der Waals surface area (Å²) in [5, 5.41) is 9.40. The molecule has 92 valence electrons. The molecule has 0 aliphatic carbocycles. The Kier molecular flexibility index (Phi) is 3.33. The zero-order valence-corrected chi connectivity index (χ0v) is 10.4. The zero-order chi connectivity index (χ0) is 12.4. The molecule has 2 heterocycles. The fourth-order valence-corrected chi connectivity index (χ4v) is 1.93. The van der Waals surface area contributed by atoms with Gasteiger partial charge >= 0.3 is 0 Å². The van der Waals surface area contributed by atoms with Crippen molar-refractivity contribution in [1.29, 1.82) is 0 Å². The molecule has 2 N–H and O–H groups in total. The van der Waals surface area contributed by atoms with Crippen molar-refractivity contribution in [2.45, 2.75) is 26.7 Å². The molecule has 4 nitrogen and oxygen atoms in total. The summed E-state index contributed by atoms with van der Waals surface area (Å²) in [7, 11) is 0. The van der Waals surface area contributed by atoms with Gasteiger partial charge in [0.25, 0.3) is 0 Å². The van der Waals surface area contributed by atoms with Crippen LogP contribution in [0.5, 0.6) is 0 Å². The van der Waals surface area contributed by atoms with Crippen LogP contribution in [-0.2, 0) is 0 Å². The molecule has 0 amide bonds. The molecule has 0 saturated heterocycles. The molecule has 0 bridgehead atoms. The lowest BCUT2D eigenvalue weighted by atomic mass is 9.96. The van der Waals surface area contributed by atoms with Crippen LogP contribution in [-0.4, -0.2) is 21.7 Å². The fourth-order valence-electron chi connectivity index (χ4n) is 1.93. The predicted molar refractivity (Wildman–Crippen MR) is 65.7 cm³/mol.